The van der Waals surface area contributed by atoms with Crippen LogP contribution in [0, 0.1) is 5.92 Å². The van der Waals surface area contributed by atoms with Gasteiger partial charge in [-0.05, 0) is 41.1 Å². The van der Waals surface area contributed by atoms with Gasteiger partial charge in [-0.15, -0.1) is 0 Å². The number of aliphatic hydroxyl groups is 1. The van der Waals surface area contributed by atoms with Crippen molar-refractivity contribution in [3.63, 3.8) is 0 Å². The molecule has 2 rings (SSSR count). The average Bonchev–Trinajstić information content (AvgIpc) is 3.05. The number of aromatic nitrogens is 2. The molecule has 5 heteroatoms. The summed E-state index contributed by atoms with van der Waals surface area (Å²) in [7, 11) is 0. The molecule has 1 aromatic heterocycles. The van der Waals surface area contributed by atoms with Crippen LogP contribution in [0.4, 0.5) is 0 Å². The highest BCUT2D eigenvalue weighted by Crippen LogP contribution is 2.46. The van der Waals surface area contributed by atoms with Gasteiger partial charge in [-0.25, -0.2) is 0 Å². The van der Waals surface area contributed by atoms with Crippen molar-refractivity contribution in [2.75, 3.05) is 6.54 Å². The lowest BCUT2D eigenvalue weighted by Gasteiger charge is -2.28. The molecule has 90 valence electrons. The molecule has 0 amide bonds. The van der Waals surface area contributed by atoms with Crippen molar-refractivity contribution in [1.82, 2.24) is 9.78 Å². The molecule has 1 atom stereocenters. The quantitative estimate of drug-likeness (QED) is 0.865. The zero-order valence-corrected chi connectivity index (χ0v) is 11.1. The highest BCUT2D eigenvalue weighted by Gasteiger charge is 2.47. The summed E-state index contributed by atoms with van der Waals surface area (Å²) in [6.07, 6.45) is 4.84. The summed E-state index contributed by atoms with van der Waals surface area (Å²) < 4.78 is 2.73. The lowest BCUT2D eigenvalue weighted by Crippen LogP contribution is -2.39. The molecule has 1 fully saturated rings. The maximum Gasteiger partial charge on any atom is 0.122 e. The molecule has 1 aliphatic carbocycles. The van der Waals surface area contributed by atoms with Crippen LogP contribution in [0.15, 0.2) is 10.7 Å². The molecule has 0 bridgehead atoms. The largest absolute Gasteiger partial charge is 0.382 e. The second-order valence-electron chi connectivity index (χ2n) is 4.47. The lowest BCUT2D eigenvalue weighted by atomic mass is 9.93. The van der Waals surface area contributed by atoms with Crippen molar-refractivity contribution in [3.05, 3.63) is 16.4 Å². The van der Waals surface area contributed by atoms with E-state index in [-0.39, 0.29) is 6.54 Å². The van der Waals surface area contributed by atoms with Gasteiger partial charge in [-0.1, -0.05) is 6.92 Å². The lowest BCUT2D eigenvalue weighted by molar-refractivity contribution is 0.0125. The fourth-order valence-electron chi connectivity index (χ4n) is 2.19. The summed E-state index contributed by atoms with van der Waals surface area (Å²) in [6.45, 7) is 3.17. The van der Waals surface area contributed by atoms with Gasteiger partial charge >= 0.3 is 0 Å². The van der Waals surface area contributed by atoms with Crippen molar-refractivity contribution in [2.45, 2.75) is 38.3 Å². The van der Waals surface area contributed by atoms with Crippen LogP contribution in [0.1, 0.15) is 31.9 Å². The van der Waals surface area contributed by atoms with Gasteiger partial charge < -0.3 is 10.8 Å². The van der Waals surface area contributed by atoms with E-state index in [0.717, 1.165) is 36.0 Å². The SMILES string of the molecule is CCCn1ncc(Br)c1C(O)(CN)C1CC1. The zero-order valence-electron chi connectivity index (χ0n) is 9.49. The minimum Gasteiger partial charge on any atom is -0.382 e. The Morgan fingerprint density at radius 1 is 1.69 bits per heavy atom. The third-order valence-electron chi connectivity index (χ3n) is 3.20. The summed E-state index contributed by atoms with van der Waals surface area (Å²) in [5.41, 5.74) is 5.70. The number of halogens is 1. The van der Waals surface area contributed by atoms with E-state index in [2.05, 4.69) is 28.0 Å². The Morgan fingerprint density at radius 3 is 2.88 bits per heavy atom. The molecule has 1 unspecified atom stereocenters. The van der Waals surface area contributed by atoms with Crippen LogP contribution in [0.5, 0.6) is 0 Å². The number of hydrogen-bond donors (Lipinski definition) is 2. The van der Waals surface area contributed by atoms with E-state index >= 15 is 0 Å². The number of hydrogen-bond acceptors (Lipinski definition) is 3. The first-order valence-electron chi connectivity index (χ1n) is 5.77. The van der Waals surface area contributed by atoms with Gasteiger partial charge in [0.2, 0.25) is 0 Å². The normalized spacial score (nSPS) is 19.8. The van der Waals surface area contributed by atoms with Crippen LogP contribution in [0.2, 0.25) is 0 Å². The fourth-order valence-corrected chi connectivity index (χ4v) is 2.83. The summed E-state index contributed by atoms with van der Waals surface area (Å²) >= 11 is 3.46. The summed E-state index contributed by atoms with van der Waals surface area (Å²) in [5.74, 6) is 0.293. The number of nitrogens with zero attached hydrogens (tertiary/aromatic N) is 2. The molecule has 3 N–H and O–H groups in total. The highest BCUT2D eigenvalue weighted by molar-refractivity contribution is 9.10. The van der Waals surface area contributed by atoms with E-state index in [9.17, 15) is 5.11 Å². The first kappa shape index (κ1) is 12.1. The van der Waals surface area contributed by atoms with Crippen LogP contribution < -0.4 is 5.73 Å². The van der Waals surface area contributed by atoms with E-state index in [1.165, 1.54) is 0 Å². The van der Waals surface area contributed by atoms with Crippen LogP contribution in [0.3, 0.4) is 0 Å². The van der Waals surface area contributed by atoms with Gasteiger partial charge in [0.15, 0.2) is 0 Å². The first-order valence-corrected chi connectivity index (χ1v) is 6.57. The van der Waals surface area contributed by atoms with Crippen molar-refractivity contribution in [2.24, 2.45) is 11.7 Å². The minimum absolute atomic E-state index is 0.256. The van der Waals surface area contributed by atoms with Crippen LogP contribution >= 0.6 is 15.9 Å². The molecule has 1 saturated carbocycles. The average molecular weight is 288 g/mol. The second-order valence-corrected chi connectivity index (χ2v) is 5.32. The van der Waals surface area contributed by atoms with E-state index in [1.54, 1.807) is 6.20 Å². The molecular weight excluding hydrogens is 270 g/mol. The van der Waals surface area contributed by atoms with Gasteiger partial charge in [0, 0.05) is 13.1 Å². The monoisotopic (exact) mass is 287 g/mol. The van der Waals surface area contributed by atoms with Crippen LogP contribution in [-0.4, -0.2) is 21.4 Å². The second kappa shape index (κ2) is 4.47. The van der Waals surface area contributed by atoms with Gasteiger partial charge in [0.1, 0.15) is 5.60 Å². The smallest absolute Gasteiger partial charge is 0.122 e. The van der Waals surface area contributed by atoms with Crippen molar-refractivity contribution in [1.29, 1.82) is 0 Å². The molecule has 4 nitrogen and oxygen atoms in total. The molecule has 0 aromatic carbocycles. The maximum atomic E-state index is 10.7. The Morgan fingerprint density at radius 2 is 2.38 bits per heavy atom. The van der Waals surface area contributed by atoms with E-state index in [1.807, 2.05) is 4.68 Å². The number of aryl methyl sites for hydroxylation is 1. The van der Waals surface area contributed by atoms with Crippen molar-refractivity contribution in [3.8, 4) is 0 Å². The predicted molar refractivity (Wildman–Crippen MR) is 65.9 cm³/mol. The Balaban J connectivity index is 2.39. The van der Waals surface area contributed by atoms with Gasteiger partial charge in [-0.3, -0.25) is 4.68 Å². The Labute approximate surface area is 104 Å². The fraction of sp³-hybridized carbons (Fsp3) is 0.727. The van der Waals surface area contributed by atoms with Gasteiger partial charge in [-0.2, -0.15) is 5.10 Å². The molecule has 1 heterocycles. The third kappa shape index (κ3) is 1.92. The molecule has 0 radical (unpaired) electrons. The zero-order chi connectivity index (χ0) is 11.8. The minimum atomic E-state index is -0.912. The third-order valence-corrected chi connectivity index (χ3v) is 3.78. The molecule has 0 aliphatic heterocycles. The van der Waals surface area contributed by atoms with Gasteiger partial charge in [0.05, 0.1) is 16.4 Å². The Kier molecular flexibility index (Phi) is 3.37. The van der Waals surface area contributed by atoms with E-state index in [4.69, 9.17) is 5.73 Å². The molecule has 1 aromatic rings. The predicted octanol–water partition coefficient (Wildman–Crippen LogP) is 1.61. The van der Waals surface area contributed by atoms with Gasteiger partial charge in [0.25, 0.3) is 0 Å². The molecule has 1 aliphatic rings. The molecular formula is C11H18BrN3O. The van der Waals surface area contributed by atoms with E-state index < -0.39 is 5.60 Å². The summed E-state index contributed by atoms with van der Waals surface area (Å²) in [4.78, 5) is 0. The van der Waals surface area contributed by atoms with Crippen LogP contribution in [-0.2, 0) is 12.1 Å². The Hall–Kier alpha value is -0.390. The molecule has 0 saturated heterocycles. The van der Waals surface area contributed by atoms with Crippen molar-refractivity contribution < 1.29 is 5.11 Å². The van der Waals surface area contributed by atoms with Crippen LogP contribution in [0.25, 0.3) is 0 Å². The number of rotatable bonds is 5. The topological polar surface area (TPSA) is 64.1 Å². The summed E-state index contributed by atoms with van der Waals surface area (Å²) in [6, 6.07) is 0. The Bertz CT molecular complexity index is 375. The first-order chi connectivity index (χ1) is 7.63. The maximum absolute atomic E-state index is 10.7. The van der Waals surface area contributed by atoms with E-state index in [0.29, 0.717) is 5.92 Å². The summed E-state index contributed by atoms with van der Waals surface area (Å²) in [5, 5.41) is 15.0. The number of nitrogens with two attached hydrogens (primary N) is 1. The molecule has 0 spiro atoms. The molecule has 16 heavy (non-hydrogen) atoms. The van der Waals surface area contributed by atoms with Crippen molar-refractivity contribution >= 4 is 15.9 Å². The highest BCUT2D eigenvalue weighted by atomic mass is 79.9. The standard InChI is InChI=1S/C11H18BrN3O/c1-2-5-15-10(9(12)6-14-15)11(16,7-13)8-3-4-8/h6,8,16H,2-5,7,13H2,1H3.